The molecule has 0 saturated heterocycles. The van der Waals surface area contributed by atoms with Crippen molar-refractivity contribution in [3.8, 4) is 0 Å². The zero-order valence-corrected chi connectivity index (χ0v) is 14.3. The number of aliphatic hydroxyl groups excluding tert-OH is 1. The lowest BCUT2D eigenvalue weighted by Gasteiger charge is -2.16. The standard InChI is InChI=1S/C18H31N3O/c1-13(2)10-15(8-9-22)12-20-18(19)21-17-7-5-6-16(11-17)14(3)4/h5-7,11,13-15,22H,8-10,12H2,1-4H3,(H3,19,20,21). The molecule has 0 heterocycles. The van der Waals surface area contributed by atoms with Crippen LogP contribution in [0.15, 0.2) is 29.3 Å². The van der Waals surface area contributed by atoms with E-state index in [2.05, 4.69) is 50.1 Å². The van der Waals surface area contributed by atoms with Gasteiger partial charge in [0, 0.05) is 18.8 Å². The van der Waals surface area contributed by atoms with E-state index in [1.165, 1.54) is 5.56 Å². The first-order chi connectivity index (χ1) is 10.4. The molecule has 0 aliphatic heterocycles. The molecule has 1 atom stereocenters. The van der Waals surface area contributed by atoms with Crippen molar-refractivity contribution in [1.82, 2.24) is 0 Å². The summed E-state index contributed by atoms with van der Waals surface area (Å²) in [6, 6.07) is 8.24. The molecule has 0 amide bonds. The van der Waals surface area contributed by atoms with E-state index in [1.807, 2.05) is 12.1 Å². The summed E-state index contributed by atoms with van der Waals surface area (Å²) in [6.45, 7) is 9.57. The van der Waals surface area contributed by atoms with E-state index < -0.39 is 0 Å². The van der Waals surface area contributed by atoms with Gasteiger partial charge in [-0.25, -0.2) is 0 Å². The molecule has 1 rings (SSSR count). The molecule has 0 saturated carbocycles. The first kappa shape index (κ1) is 18.5. The van der Waals surface area contributed by atoms with Crippen LogP contribution in [0.2, 0.25) is 0 Å². The van der Waals surface area contributed by atoms with Crippen LogP contribution >= 0.6 is 0 Å². The molecule has 4 heteroatoms. The maximum atomic E-state index is 9.14. The number of nitrogens with zero attached hydrogens (tertiary/aromatic N) is 1. The minimum absolute atomic E-state index is 0.205. The van der Waals surface area contributed by atoms with Gasteiger partial charge < -0.3 is 16.2 Å². The quantitative estimate of drug-likeness (QED) is 0.508. The van der Waals surface area contributed by atoms with Gasteiger partial charge in [0.15, 0.2) is 5.96 Å². The summed E-state index contributed by atoms with van der Waals surface area (Å²) < 4.78 is 0. The Morgan fingerprint density at radius 3 is 2.59 bits per heavy atom. The fraction of sp³-hybridized carbons (Fsp3) is 0.611. The van der Waals surface area contributed by atoms with Crippen molar-refractivity contribution in [2.45, 2.75) is 46.5 Å². The number of nitrogens with two attached hydrogens (primary N) is 1. The molecule has 0 bridgehead atoms. The minimum Gasteiger partial charge on any atom is -0.396 e. The van der Waals surface area contributed by atoms with Gasteiger partial charge in [0.2, 0.25) is 0 Å². The largest absolute Gasteiger partial charge is 0.396 e. The van der Waals surface area contributed by atoms with E-state index in [9.17, 15) is 0 Å². The van der Waals surface area contributed by atoms with Crippen LogP contribution in [0.5, 0.6) is 0 Å². The fourth-order valence-corrected chi connectivity index (χ4v) is 2.52. The van der Waals surface area contributed by atoms with Crippen molar-refractivity contribution in [2.75, 3.05) is 18.5 Å². The zero-order valence-electron chi connectivity index (χ0n) is 14.3. The van der Waals surface area contributed by atoms with Gasteiger partial charge in [-0.3, -0.25) is 4.99 Å². The Balaban J connectivity index is 2.62. The summed E-state index contributed by atoms with van der Waals surface area (Å²) in [5.41, 5.74) is 8.23. The fourth-order valence-electron chi connectivity index (χ4n) is 2.52. The van der Waals surface area contributed by atoms with Gasteiger partial charge in [0.25, 0.3) is 0 Å². The second-order valence-electron chi connectivity index (χ2n) is 6.64. The highest BCUT2D eigenvalue weighted by atomic mass is 16.3. The average Bonchev–Trinajstić information content (AvgIpc) is 2.44. The summed E-state index contributed by atoms with van der Waals surface area (Å²) >= 11 is 0. The Morgan fingerprint density at radius 1 is 1.27 bits per heavy atom. The Bertz CT molecular complexity index is 469. The van der Waals surface area contributed by atoms with Crippen molar-refractivity contribution in [3.05, 3.63) is 29.8 Å². The van der Waals surface area contributed by atoms with Gasteiger partial charge in [0.05, 0.1) is 0 Å². The van der Waals surface area contributed by atoms with Crippen molar-refractivity contribution in [2.24, 2.45) is 22.6 Å². The monoisotopic (exact) mass is 305 g/mol. The summed E-state index contributed by atoms with van der Waals surface area (Å²) in [4.78, 5) is 4.44. The average molecular weight is 305 g/mol. The smallest absolute Gasteiger partial charge is 0.193 e. The Hall–Kier alpha value is -1.55. The molecule has 124 valence electrons. The van der Waals surface area contributed by atoms with Gasteiger partial charge in [-0.1, -0.05) is 39.8 Å². The number of aliphatic imine (C=N–C) groups is 1. The maximum Gasteiger partial charge on any atom is 0.193 e. The highest BCUT2D eigenvalue weighted by molar-refractivity contribution is 5.92. The molecule has 1 aromatic carbocycles. The molecule has 22 heavy (non-hydrogen) atoms. The molecule has 0 aliphatic rings. The number of guanidine groups is 1. The Labute approximate surface area is 134 Å². The predicted octanol–water partition coefficient (Wildman–Crippen LogP) is 3.58. The number of hydrogen-bond donors (Lipinski definition) is 3. The van der Waals surface area contributed by atoms with Gasteiger partial charge in [-0.15, -0.1) is 0 Å². The third-order valence-corrected chi connectivity index (χ3v) is 3.69. The van der Waals surface area contributed by atoms with Crippen LogP contribution in [0, 0.1) is 11.8 Å². The number of anilines is 1. The van der Waals surface area contributed by atoms with E-state index in [1.54, 1.807) is 0 Å². The van der Waals surface area contributed by atoms with Crippen molar-refractivity contribution in [3.63, 3.8) is 0 Å². The third-order valence-electron chi connectivity index (χ3n) is 3.69. The van der Waals surface area contributed by atoms with Crippen LogP contribution in [-0.4, -0.2) is 24.2 Å². The van der Waals surface area contributed by atoms with Gasteiger partial charge in [-0.05, 0) is 48.3 Å². The first-order valence-corrected chi connectivity index (χ1v) is 8.20. The molecule has 0 aromatic heterocycles. The molecule has 0 radical (unpaired) electrons. The molecule has 1 aromatic rings. The van der Waals surface area contributed by atoms with Crippen LogP contribution in [0.3, 0.4) is 0 Å². The normalized spacial score (nSPS) is 13.7. The first-order valence-electron chi connectivity index (χ1n) is 8.20. The van der Waals surface area contributed by atoms with Gasteiger partial charge >= 0.3 is 0 Å². The molecule has 4 N–H and O–H groups in total. The van der Waals surface area contributed by atoms with Crippen LogP contribution in [0.1, 0.15) is 52.0 Å². The number of aliphatic hydroxyl groups is 1. The maximum absolute atomic E-state index is 9.14. The molecular formula is C18H31N3O. The zero-order chi connectivity index (χ0) is 16.5. The summed E-state index contributed by atoms with van der Waals surface area (Å²) in [6.07, 6.45) is 1.83. The lowest BCUT2D eigenvalue weighted by atomic mass is 9.94. The second kappa shape index (κ2) is 9.46. The molecule has 0 fully saturated rings. The summed E-state index contributed by atoms with van der Waals surface area (Å²) in [5.74, 6) is 1.91. The summed E-state index contributed by atoms with van der Waals surface area (Å²) in [7, 11) is 0. The number of nitrogens with one attached hydrogen (secondary N) is 1. The van der Waals surface area contributed by atoms with Crippen molar-refractivity contribution in [1.29, 1.82) is 0 Å². The van der Waals surface area contributed by atoms with Crippen LogP contribution in [0.4, 0.5) is 5.69 Å². The topological polar surface area (TPSA) is 70.6 Å². The lowest BCUT2D eigenvalue weighted by molar-refractivity contribution is 0.246. The molecular weight excluding hydrogens is 274 g/mol. The number of hydrogen-bond acceptors (Lipinski definition) is 2. The van der Waals surface area contributed by atoms with E-state index >= 15 is 0 Å². The minimum atomic E-state index is 0.205. The van der Waals surface area contributed by atoms with E-state index in [4.69, 9.17) is 10.8 Å². The lowest BCUT2D eigenvalue weighted by Crippen LogP contribution is -2.24. The third kappa shape index (κ3) is 6.94. The van der Waals surface area contributed by atoms with E-state index in [0.29, 0.717) is 30.3 Å². The Morgan fingerprint density at radius 2 is 2.00 bits per heavy atom. The van der Waals surface area contributed by atoms with Crippen LogP contribution in [0.25, 0.3) is 0 Å². The predicted molar refractivity (Wildman–Crippen MR) is 95.3 cm³/mol. The highest BCUT2D eigenvalue weighted by Gasteiger charge is 2.10. The second-order valence-corrected chi connectivity index (χ2v) is 6.64. The van der Waals surface area contributed by atoms with Crippen LogP contribution in [-0.2, 0) is 0 Å². The number of benzene rings is 1. The molecule has 4 nitrogen and oxygen atoms in total. The molecule has 0 aliphatic carbocycles. The highest BCUT2D eigenvalue weighted by Crippen LogP contribution is 2.19. The summed E-state index contributed by atoms with van der Waals surface area (Å²) in [5, 5.41) is 12.3. The van der Waals surface area contributed by atoms with E-state index in [0.717, 1.165) is 18.5 Å². The molecule has 1 unspecified atom stereocenters. The van der Waals surface area contributed by atoms with Gasteiger partial charge in [-0.2, -0.15) is 0 Å². The molecule has 0 spiro atoms. The Kier molecular flexibility index (Phi) is 7.96. The van der Waals surface area contributed by atoms with Crippen molar-refractivity contribution >= 4 is 11.6 Å². The van der Waals surface area contributed by atoms with Crippen LogP contribution < -0.4 is 11.1 Å². The number of rotatable bonds is 8. The van der Waals surface area contributed by atoms with Gasteiger partial charge in [0.1, 0.15) is 0 Å². The SMILES string of the molecule is CC(C)CC(CCO)CN=C(N)Nc1cccc(C(C)C)c1. The van der Waals surface area contributed by atoms with E-state index in [-0.39, 0.29) is 6.61 Å². The van der Waals surface area contributed by atoms with Crippen molar-refractivity contribution < 1.29 is 5.11 Å².